The molecule has 2 heterocycles. The number of piperazine rings is 1. The smallest absolute Gasteiger partial charge is 0.317 e. The lowest BCUT2D eigenvalue weighted by Gasteiger charge is -2.33. The molecule has 0 radical (unpaired) electrons. The van der Waals surface area contributed by atoms with Gasteiger partial charge in [-0.1, -0.05) is 13.8 Å². The van der Waals surface area contributed by atoms with Crippen LogP contribution in [-0.4, -0.2) is 63.4 Å². The Morgan fingerprint density at radius 3 is 2.43 bits per heavy atom. The van der Waals surface area contributed by atoms with Gasteiger partial charge in [0.05, 0.1) is 18.3 Å². The molecule has 21 heavy (non-hydrogen) atoms. The molecule has 1 aliphatic heterocycles. The number of hydrogen-bond acceptors (Lipinski definition) is 4. The largest absolute Gasteiger partial charge is 0.480 e. The second kappa shape index (κ2) is 7.56. The van der Waals surface area contributed by atoms with Crippen LogP contribution in [0.3, 0.4) is 0 Å². The van der Waals surface area contributed by atoms with Crippen LogP contribution in [-0.2, 0) is 11.3 Å². The number of hydrogen-bond donors (Lipinski definition) is 1. The molecule has 2 rings (SSSR count). The summed E-state index contributed by atoms with van der Waals surface area (Å²) in [5, 5.41) is 13.5. The maximum atomic E-state index is 10.7. The number of aromatic nitrogens is 2. The molecular formula is C15H26N4O2. The number of aliphatic carboxylic acids is 1. The molecule has 118 valence electrons. The average molecular weight is 294 g/mol. The van der Waals surface area contributed by atoms with Crippen LogP contribution in [0.4, 0.5) is 0 Å². The SMILES string of the molecule is CCC(CC)n1ccc(CN2CCN(CC(=O)O)CC2)n1. The van der Waals surface area contributed by atoms with Crippen LogP contribution in [0.15, 0.2) is 12.3 Å². The highest BCUT2D eigenvalue weighted by molar-refractivity contribution is 5.69. The van der Waals surface area contributed by atoms with E-state index in [4.69, 9.17) is 5.11 Å². The fourth-order valence-corrected chi connectivity index (χ4v) is 2.85. The second-order valence-corrected chi connectivity index (χ2v) is 5.70. The summed E-state index contributed by atoms with van der Waals surface area (Å²) in [5.74, 6) is -0.743. The summed E-state index contributed by atoms with van der Waals surface area (Å²) in [6, 6.07) is 2.59. The summed E-state index contributed by atoms with van der Waals surface area (Å²) in [7, 11) is 0. The Balaban J connectivity index is 1.82. The predicted molar refractivity (Wildman–Crippen MR) is 81.2 cm³/mol. The number of carboxylic acid groups (broad SMARTS) is 1. The van der Waals surface area contributed by atoms with Crippen LogP contribution in [0, 0.1) is 0 Å². The van der Waals surface area contributed by atoms with Crippen molar-refractivity contribution in [2.45, 2.75) is 39.3 Å². The number of nitrogens with zero attached hydrogens (tertiary/aromatic N) is 4. The van der Waals surface area contributed by atoms with Gasteiger partial charge in [0, 0.05) is 38.9 Å². The van der Waals surface area contributed by atoms with E-state index in [1.54, 1.807) is 0 Å². The van der Waals surface area contributed by atoms with Gasteiger partial charge >= 0.3 is 5.97 Å². The van der Waals surface area contributed by atoms with Gasteiger partial charge in [0.25, 0.3) is 0 Å². The van der Waals surface area contributed by atoms with E-state index in [-0.39, 0.29) is 6.54 Å². The van der Waals surface area contributed by atoms with Gasteiger partial charge in [0.15, 0.2) is 0 Å². The maximum Gasteiger partial charge on any atom is 0.317 e. The van der Waals surface area contributed by atoms with Crippen molar-refractivity contribution in [2.75, 3.05) is 32.7 Å². The van der Waals surface area contributed by atoms with Gasteiger partial charge in [0.2, 0.25) is 0 Å². The van der Waals surface area contributed by atoms with Crippen LogP contribution in [0.25, 0.3) is 0 Å². The minimum Gasteiger partial charge on any atom is -0.480 e. The lowest BCUT2D eigenvalue weighted by molar-refractivity contribution is -0.138. The van der Waals surface area contributed by atoms with Crippen molar-refractivity contribution in [3.63, 3.8) is 0 Å². The zero-order valence-corrected chi connectivity index (χ0v) is 13.0. The summed E-state index contributed by atoms with van der Waals surface area (Å²) in [6.45, 7) is 8.84. The zero-order valence-electron chi connectivity index (χ0n) is 13.0. The highest BCUT2D eigenvalue weighted by Gasteiger charge is 2.19. The summed E-state index contributed by atoms with van der Waals surface area (Å²) < 4.78 is 2.08. The maximum absolute atomic E-state index is 10.7. The summed E-state index contributed by atoms with van der Waals surface area (Å²) in [5.41, 5.74) is 1.11. The Hall–Kier alpha value is -1.40. The minimum absolute atomic E-state index is 0.150. The molecule has 1 aliphatic rings. The Morgan fingerprint density at radius 2 is 1.86 bits per heavy atom. The van der Waals surface area contributed by atoms with Crippen LogP contribution in [0.1, 0.15) is 38.4 Å². The fraction of sp³-hybridized carbons (Fsp3) is 0.733. The lowest BCUT2D eigenvalue weighted by Crippen LogP contribution is -2.47. The van der Waals surface area contributed by atoms with Crippen molar-refractivity contribution in [2.24, 2.45) is 0 Å². The van der Waals surface area contributed by atoms with E-state index in [9.17, 15) is 4.79 Å². The molecule has 0 aromatic carbocycles. The van der Waals surface area contributed by atoms with Crippen molar-refractivity contribution in [1.29, 1.82) is 0 Å². The van der Waals surface area contributed by atoms with Crippen molar-refractivity contribution < 1.29 is 9.90 Å². The first kappa shape index (κ1) is 16.0. The Morgan fingerprint density at radius 1 is 1.24 bits per heavy atom. The standard InChI is InChI=1S/C15H26N4O2/c1-3-14(4-2)19-6-5-13(16-19)11-17-7-9-18(10-8-17)12-15(20)21/h5-6,14H,3-4,7-12H2,1-2H3,(H,20,21). The molecule has 6 heteroatoms. The Labute approximate surface area is 126 Å². The first-order chi connectivity index (χ1) is 10.1. The van der Waals surface area contributed by atoms with Crippen molar-refractivity contribution in [3.8, 4) is 0 Å². The van der Waals surface area contributed by atoms with E-state index in [1.165, 1.54) is 0 Å². The highest BCUT2D eigenvalue weighted by Crippen LogP contribution is 2.15. The van der Waals surface area contributed by atoms with Gasteiger partial charge in [-0.2, -0.15) is 5.10 Å². The molecule has 0 amide bonds. The van der Waals surface area contributed by atoms with Crippen LogP contribution >= 0.6 is 0 Å². The summed E-state index contributed by atoms with van der Waals surface area (Å²) >= 11 is 0. The second-order valence-electron chi connectivity index (χ2n) is 5.70. The van der Waals surface area contributed by atoms with Crippen molar-refractivity contribution >= 4 is 5.97 Å². The normalized spacial score (nSPS) is 17.5. The molecule has 1 fully saturated rings. The van der Waals surface area contributed by atoms with Gasteiger partial charge in [0.1, 0.15) is 0 Å². The molecule has 0 atom stereocenters. The molecule has 0 bridgehead atoms. The first-order valence-electron chi connectivity index (χ1n) is 7.82. The van der Waals surface area contributed by atoms with E-state index in [2.05, 4.69) is 40.8 Å². The third-order valence-electron chi connectivity index (χ3n) is 4.19. The van der Waals surface area contributed by atoms with Gasteiger partial charge in [-0.05, 0) is 18.9 Å². The Kier molecular flexibility index (Phi) is 5.76. The molecule has 1 aromatic rings. The monoisotopic (exact) mass is 294 g/mol. The van der Waals surface area contributed by atoms with Gasteiger partial charge < -0.3 is 5.11 Å². The third kappa shape index (κ3) is 4.54. The molecule has 6 nitrogen and oxygen atoms in total. The van der Waals surface area contributed by atoms with E-state index in [1.807, 2.05) is 4.90 Å². The molecule has 0 saturated carbocycles. The van der Waals surface area contributed by atoms with Gasteiger partial charge in [-0.15, -0.1) is 0 Å². The quantitative estimate of drug-likeness (QED) is 0.824. The van der Waals surface area contributed by atoms with Crippen LogP contribution in [0.5, 0.6) is 0 Å². The van der Waals surface area contributed by atoms with Crippen molar-refractivity contribution in [3.05, 3.63) is 18.0 Å². The molecule has 1 aromatic heterocycles. The van der Waals surface area contributed by atoms with Gasteiger partial charge in [-0.3, -0.25) is 19.3 Å². The van der Waals surface area contributed by atoms with Crippen LogP contribution in [0.2, 0.25) is 0 Å². The van der Waals surface area contributed by atoms with E-state index in [0.29, 0.717) is 6.04 Å². The van der Waals surface area contributed by atoms with Crippen LogP contribution < -0.4 is 0 Å². The van der Waals surface area contributed by atoms with Gasteiger partial charge in [-0.25, -0.2) is 0 Å². The lowest BCUT2D eigenvalue weighted by atomic mass is 10.2. The highest BCUT2D eigenvalue weighted by atomic mass is 16.4. The third-order valence-corrected chi connectivity index (χ3v) is 4.19. The molecule has 1 N–H and O–H groups in total. The topological polar surface area (TPSA) is 61.6 Å². The number of carbonyl (C=O) groups is 1. The molecule has 0 unspecified atom stereocenters. The summed E-state index contributed by atoms with van der Waals surface area (Å²) in [4.78, 5) is 15.0. The van der Waals surface area contributed by atoms with Crippen molar-refractivity contribution in [1.82, 2.24) is 19.6 Å². The fourth-order valence-electron chi connectivity index (χ4n) is 2.85. The molecule has 1 saturated heterocycles. The summed E-state index contributed by atoms with van der Waals surface area (Å²) in [6.07, 6.45) is 4.28. The predicted octanol–water partition coefficient (Wildman–Crippen LogP) is 1.45. The Bertz CT molecular complexity index is 448. The van der Waals surface area contributed by atoms with E-state index < -0.39 is 5.97 Å². The van der Waals surface area contributed by atoms with E-state index in [0.717, 1.165) is 51.3 Å². The number of rotatable bonds is 7. The molecular weight excluding hydrogens is 268 g/mol. The van der Waals surface area contributed by atoms with E-state index >= 15 is 0 Å². The average Bonchev–Trinajstić information content (AvgIpc) is 2.90. The molecule has 0 spiro atoms. The minimum atomic E-state index is -0.743. The number of carboxylic acids is 1. The zero-order chi connectivity index (χ0) is 15.2. The molecule has 0 aliphatic carbocycles. The first-order valence-corrected chi connectivity index (χ1v) is 7.82.